The predicted octanol–water partition coefficient (Wildman–Crippen LogP) is 3.23. The minimum Gasteiger partial charge on any atom is -0.355 e. The van der Waals surface area contributed by atoms with Gasteiger partial charge >= 0.3 is 0 Å². The highest BCUT2D eigenvalue weighted by Crippen LogP contribution is 2.48. The predicted molar refractivity (Wildman–Crippen MR) is 86.0 cm³/mol. The number of hydrogen-bond donors (Lipinski definition) is 1. The molecular weight excluding hydrogens is 328 g/mol. The quantitative estimate of drug-likeness (QED) is 0.904. The molecule has 1 amide bonds. The number of rotatable bonds is 5. The Labute approximate surface area is 132 Å². The third-order valence-electron chi connectivity index (χ3n) is 3.95. The molecule has 1 N–H and O–H groups in total. The maximum Gasteiger partial charge on any atom is 0.230 e. The highest BCUT2D eigenvalue weighted by atomic mass is 79.9. The normalized spacial score (nSPS) is 15.5. The number of hydrogen-bond acceptors (Lipinski definition) is 2. The maximum absolute atomic E-state index is 12.5. The van der Waals surface area contributed by atoms with Gasteiger partial charge in [0.2, 0.25) is 5.91 Å². The lowest BCUT2D eigenvalue weighted by molar-refractivity contribution is -0.123. The van der Waals surface area contributed by atoms with E-state index in [1.165, 1.54) is 0 Å². The summed E-state index contributed by atoms with van der Waals surface area (Å²) in [5, 5.41) is 3.06. The van der Waals surface area contributed by atoms with Crippen molar-refractivity contribution in [3.05, 3.63) is 64.4 Å². The lowest BCUT2D eigenvalue weighted by Gasteiger charge is -2.16. The lowest BCUT2D eigenvalue weighted by Crippen LogP contribution is -2.36. The Morgan fingerprint density at radius 1 is 1.24 bits per heavy atom. The maximum atomic E-state index is 12.5. The average Bonchev–Trinajstić information content (AvgIpc) is 3.30. The summed E-state index contributed by atoms with van der Waals surface area (Å²) in [5.74, 6) is 0.136. The molecule has 21 heavy (non-hydrogen) atoms. The van der Waals surface area contributed by atoms with Crippen LogP contribution in [0.4, 0.5) is 0 Å². The standard InChI is InChI=1S/C17H17BrN2O/c18-14-5-3-4-13(12-14)17(8-9-17)16(21)20-11-7-15-6-1-2-10-19-15/h1-6,10,12H,7-9,11H2,(H,20,21). The van der Waals surface area contributed by atoms with Crippen molar-refractivity contribution in [3.63, 3.8) is 0 Å². The Hall–Kier alpha value is -1.68. The molecule has 0 bridgehead atoms. The monoisotopic (exact) mass is 344 g/mol. The van der Waals surface area contributed by atoms with E-state index in [-0.39, 0.29) is 11.3 Å². The molecule has 0 aliphatic heterocycles. The van der Waals surface area contributed by atoms with Crippen LogP contribution < -0.4 is 5.32 Å². The van der Waals surface area contributed by atoms with E-state index < -0.39 is 0 Å². The first-order chi connectivity index (χ1) is 10.2. The highest BCUT2D eigenvalue weighted by molar-refractivity contribution is 9.10. The third-order valence-corrected chi connectivity index (χ3v) is 4.45. The molecule has 108 valence electrons. The summed E-state index contributed by atoms with van der Waals surface area (Å²) in [6, 6.07) is 13.9. The molecule has 3 rings (SSSR count). The van der Waals surface area contributed by atoms with Gasteiger partial charge in [0.05, 0.1) is 5.41 Å². The van der Waals surface area contributed by atoms with Crippen molar-refractivity contribution < 1.29 is 4.79 Å². The number of amides is 1. The Morgan fingerprint density at radius 2 is 2.10 bits per heavy atom. The van der Waals surface area contributed by atoms with Gasteiger partial charge in [-0.1, -0.05) is 34.1 Å². The average molecular weight is 345 g/mol. The molecule has 0 unspecified atom stereocenters. The van der Waals surface area contributed by atoms with Gasteiger partial charge in [-0.25, -0.2) is 0 Å². The summed E-state index contributed by atoms with van der Waals surface area (Å²) in [6.45, 7) is 0.631. The van der Waals surface area contributed by atoms with Gasteiger partial charge in [-0.2, -0.15) is 0 Å². The molecule has 0 radical (unpaired) electrons. The van der Waals surface area contributed by atoms with Gasteiger partial charge in [0.25, 0.3) is 0 Å². The number of carbonyl (C=O) groups excluding carboxylic acids is 1. The van der Waals surface area contributed by atoms with Crippen molar-refractivity contribution in [2.24, 2.45) is 0 Å². The summed E-state index contributed by atoms with van der Waals surface area (Å²) >= 11 is 3.47. The van der Waals surface area contributed by atoms with E-state index in [1.807, 2.05) is 42.5 Å². The second-order valence-electron chi connectivity index (χ2n) is 5.42. The lowest BCUT2D eigenvalue weighted by atomic mass is 9.95. The van der Waals surface area contributed by atoms with Gasteiger partial charge in [-0.3, -0.25) is 9.78 Å². The summed E-state index contributed by atoms with van der Waals surface area (Å²) in [5.41, 5.74) is 1.80. The molecule has 0 atom stereocenters. The number of nitrogens with one attached hydrogen (secondary N) is 1. The molecule has 1 fully saturated rings. The molecule has 1 aliphatic carbocycles. The van der Waals surface area contributed by atoms with Gasteiger partial charge in [0.1, 0.15) is 0 Å². The zero-order chi connectivity index (χ0) is 14.7. The Balaban J connectivity index is 1.60. The molecule has 1 aliphatic rings. The fraction of sp³-hybridized carbons (Fsp3) is 0.294. The molecule has 1 aromatic heterocycles. The van der Waals surface area contributed by atoms with Crippen LogP contribution in [0.15, 0.2) is 53.1 Å². The summed E-state index contributed by atoms with van der Waals surface area (Å²) in [6.07, 6.45) is 4.40. The van der Waals surface area contributed by atoms with E-state index in [1.54, 1.807) is 6.20 Å². The van der Waals surface area contributed by atoms with Crippen LogP contribution in [0, 0.1) is 0 Å². The van der Waals surface area contributed by atoms with Crippen LogP contribution in [0.5, 0.6) is 0 Å². The number of pyridine rings is 1. The van der Waals surface area contributed by atoms with Crippen molar-refractivity contribution >= 4 is 21.8 Å². The van der Waals surface area contributed by atoms with Crippen molar-refractivity contribution in [1.82, 2.24) is 10.3 Å². The van der Waals surface area contributed by atoms with E-state index >= 15 is 0 Å². The van der Waals surface area contributed by atoms with Gasteiger partial charge in [0.15, 0.2) is 0 Å². The zero-order valence-corrected chi connectivity index (χ0v) is 13.3. The van der Waals surface area contributed by atoms with E-state index in [9.17, 15) is 4.79 Å². The fourth-order valence-corrected chi connectivity index (χ4v) is 2.98. The van der Waals surface area contributed by atoms with Crippen LogP contribution >= 0.6 is 15.9 Å². The Morgan fingerprint density at radius 3 is 2.76 bits per heavy atom. The van der Waals surface area contributed by atoms with Gasteiger partial charge in [-0.15, -0.1) is 0 Å². The molecule has 0 spiro atoms. The summed E-state index contributed by atoms with van der Waals surface area (Å²) in [7, 11) is 0. The molecule has 2 aromatic rings. The second kappa shape index (κ2) is 5.98. The summed E-state index contributed by atoms with van der Waals surface area (Å²) < 4.78 is 1.02. The van der Waals surface area contributed by atoms with Crippen molar-refractivity contribution in [1.29, 1.82) is 0 Å². The molecule has 0 saturated heterocycles. The number of nitrogens with zero attached hydrogens (tertiary/aromatic N) is 1. The minimum absolute atomic E-state index is 0.136. The van der Waals surface area contributed by atoms with Gasteiger partial charge in [-0.05, 0) is 42.7 Å². The molecule has 3 nitrogen and oxygen atoms in total. The molecule has 4 heteroatoms. The first kappa shape index (κ1) is 14.3. The number of benzene rings is 1. The minimum atomic E-state index is -0.312. The van der Waals surface area contributed by atoms with Crippen LogP contribution in [0.2, 0.25) is 0 Å². The SMILES string of the molecule is O=C(NCCc1ccccn1)C1(c2cccc(Br)c2)CC1. The second-order valence-corrected chi connectivity index (χ2v) is 6.34. The van der Waals surface area contributed by atoms with Crippen LogP contribution in [-0.2, 0) is 16.6 Å². The topological polar surface area (TPSA) is 42.0 Å². The van der Waals surface area contributed by atoms with E-state index in [0.29, 0.717) is 6.54 Å². The van der Waals surface area contributed by atoms with E-state index in [2.05, 4.69) is 26.2 Å². The van der Waals surface area contributed by atoms with Gasteiger partial charge in [0, 0.05) is 29.3 Å². The zero-order valence-electron chi connectivity index (χ0n) is 11.7. The first-order valence-corrected chi connectivity index (χ1v) is 7.94. The Bertz CT molecular complexity index is 638. The van der Waals surface area contributed by atoms with Gasteiger partial charge < -0.3 is 5.32 Å². The van der Waals surface area contributed by atoms with Crippen LogP contribution in [0.1, 0.15) is 24.1 Å². The summed E-state index contributed by atoms with van der Waals surface area (Å²) in [4.78, 5) is 16.7. The van der Waals surface area contributed by atoms with Crippen LogP contribution in [0.3, 0.4) is 0 Å². The van der Waals surface area contributed by atoms with Crippen LogP contribution in [0.25, 0.3) is 0 Å². The van der Waals surface area contributed by atoms with E-state index in [4.69, 9.17) is 0 Å². The highest BCUT2D eigenvalue weighted by Gasteiger charge is 2.51. The van der Waals surface area contributed by atoms with Crippen molar-refractivity contribution in [2.75, 3.05) is 6.54 Å². The van der Waals surface area contributed by atoms with Crippen molar-refractivity contribution in [2.45, 2.75) is 24.7 Å². The third kappa shape index (κ3) is 3.16. The first-order valence-electron chi connectivity index (χ1n) is 7.15. The molecule has 1 saturated carbocycles. The number of halogens is 1. The largest absolute Gasteiger partial charge is 0.355 e. The molecule has 1 aromatic carbocycles. The molecule has 1 heterocycles. The van der Waals surface area contributed by atoms with E-state index in [0.717, 1.165) is 35.0 Å². The number of carbonyl (C=O) groups is 1. The smallest absolute Gasteiger partial charge is 0.230 e. The Kier molecular flexibility index (Phi) is 4.06. The fourth-order valence-electron chi connectivity index (χ4n) is 2.58. The van der Waals surface area contributed by atoms with Crippen LogP contribution in [-0.4, -0.2) is 17.4 Å². The number of aromatic nitrogens is 1. The van der Waals surface area contributed by atoms with Crippen molar-refractivity contribution in [3.8, 4) is 0 Å². The molecular formula is C17H17BrN2O.